The summed E-state index contributed by atoms with van der Waals surface area (Å²) < 4.78 is 0. The van der Waals surface area contributed by atoms with Gasteiger partial charge in [-0.15, -0.1) is 0 Å². The first-order chi connectivity index (χ1) is 11.3. The number of rotatable bonds is 1. The number of unbranched alkanes of at least 4 members (excludes halogenated alkanes) is 1. The number of benzene rings is 2. The average molecular weight is 314 g/mol. The predicted octanol–water partition coefficient (Wildman–Crippen LogP) is 7.39. The molecule has 0 saturated heterocycles. The molecule has 0 bridgehead atoms. The molecule has 1 aliphatic heterocycles. The van der Waals surface area contributed by atoms with Crippen LogP contribution in [-0.4, -0.2) is 0 Å². The van der Waals surface area contributed by atoms with E-state index in [2.05, 4.69) is 67.7 Å². The fourth-order valence-corrected chi connectivity index (χ4v) is 2.13. The van der Waals surface area contributed by atoms with Gasteiger partial charge in [0.2, 0.25) is 0 Å². The minimum absolute atomic E-state index is 1.13. The van der Waals surface area contributed by atoms with Crippen molar-refractivity contribution in [2.24, 2.45) is 0 Å². The van der Waals surface area contributed by atoms with Crippen molar-refractivity contribution in [3.63, 3.8) is 0 Å². The maximum absolute atomic E-state index is 3.50. The van der Waals surface area contributed by atoms with Gasteiger partial charge in [0, 0.05) is 11.4 Å². The fraction of sp³-hybridized carbons (Fsp3) is 0.455. The van der Waals surface area contributed by atoms with Gasteiger partial charge in [-0.1, -0.05) is 90.8 Å². The van der Waals surface area contributed by atoms with E-state index < -0.39 is 0 Å². The number of anilines is 2. The molecule has 3 rings (SSSR count). The largest absolute Gasteiger partial charge is 0.355 e. The first kappa shape index (κ1) is 21.2. The lowest BCUT2D eigenvalue weighted by atomic mass is 10.0. The minimum Gasteiger partial charge on any atom is -0.355 e. The molecule has 1 N–H and O–H groups in total. The zero-order valence-electron chi connectivity index (χ0n) is 15.9. The van der Waals surface area contributed by atoms with Crippen molar-refractivity contribution < 1.29 is 0 Å². The molecule has 0 saturated carbocycles. The molecule has 0 atom stereocenters. The van der Waals surface area contributed by atoms with Crippen molar-refractivity contribution in [3.8, 4) is 0 Å². The Morgan fingerprint density at radius 1 is 0.652 bits per heavy atom. The summed E-state index contributed by atoms with van der Waals surface area (Å²) >= 11 is 0. The molecule has 0 amide bonds. The lowest BCUT2D eigenvalue weighted by Gasteiger charge is -2.08. The standard InChI is InChI=1S/C14H13N.C4H10.2C2H6/c1-3-7-13-11(5-1)9-10-12-6-2-4-8-14(12)15-13;1-3-4-2;2*1-2/h1-8,15H,9-10H2;3-4H2,1-2H3;2*1-2H3. The highest BCUT2D eigenvalue weighted by atomic mass is 14.9. The summed E-state index contributed by atoms with van der Waals surface area (Å²) in [6, 6.07) is 17.1. The molecule has 2 aromatic carbocycles. The van der Waals surface area contributed by atoms with Crippen molar-refractivity contribution in [2.75, 3.05) is 5.32 Å². The third-order valence-corrected chi connectivity index (χ3v) is 3.47. The molecule has 0 aliphatic carbocycles. The molecule has 128 valence electrons. The number of nitrogens with one attached hydrogen (secondary N) is 1. The van der Waals surface area contributed by atoms with Crippen molar-refractivity contribution >= 4 is 11.4 Å². The fourth-order valence-electron chi connectivity index (χ4n) is 2.13. The summed E-state index contributed by atoms with van der Waals surface area (Å²) in [6.07, 6.45) is 4.89. The van der Waals surface area contributed by atoms with Gasteiger partial charge in [-0.25, -0.2) is 0 Å². The van der Waals surface area contributed by atoms with E-state index in [9.17, 15) is 0 Å². The molecular formula is C22H35N. The Balaban J connectivity index is 0.000000523. The van der Waals surface area contributed by atoms with Crippen molar-refractivity contribution in [1.82, 2.24) is 0 Å². The molecule has 23 heavy (non-hydrogen) atoms. The van der Waals surface area contributed by atoms with Crippen molar-refractivity contribution in [2.45, 2.75) is 67.2 Å². The molecular weight excluding hydrogens is 278 g/mol. The zero-order valence-corrected chi connectivity index (χ0v) is 15.9. The van der Waals surface area contributed by atoms with Gasteiger partial charge in [0.05, 0.1) is 0 Å². The molecule has 1 heteroatoms. The number of para-hydroxylation sites is 2. The molecule has 0 spiro atoms. The van der Waals surface area contributed by atoms with Crippen LogP contribution in [0.3, 0.4) is 0 Å². The summed E-state index contributed by atoms with van der Waals surface area (Å²) in [5.41, 5.74) is 5.33. The van der Waals surface area contributed by atoms with Gasteiger partial charge in [0.1, 0.15) is 0 Å². The van der Waals surface area contributed by atoms with E-state index in [1.165, 1.54) is 35.3 Å². The van der Waals surface area contributed by atoms with E-state index in [-0.39, 0.29) is 0 Å². The number of aryl methyl sites for hydroxylation is 2. The van der Waals surface area contributed by atoms with Gasteiger partial charge < -0.3 is 5.32 Å². The van der Waals surface area contributed by atoms with Crippen LogP contribution in [0.4, 0.5) is 11.4 Å². The summed E-state index contributed by atoms with van der Waals surface area (Å²) in [7, 11) is 0. The lowest BCUT2D eigenvalue weighted by molar-refractivity contribution is 0.886. The second-order valence-corrected chi connectivity index (χ2v) is 4.94. The van der Waals surface area contributed by atoms with Gasteiger partial charge in [-0.3, -0.25) is 0 Å². The van der Waals surface area contributed by atoms with Crippen LogP contribution in [0.15, 0.2) is 48.5 Å². The van der Waals surface area contributed by atoms with Crippen LogP contribution in [0.2, 0.25) is 0 Å². The van der Waals surface area contributed by atoms with E-state index in [0.717, 1.165) is 12.8 Å². The summed E-state index contributed by atoms with van der Waals surface area (Å²) in [4.78, 5) is 0. The SMILES string of the molecule is CC.CC.CCCC.c1ccc2c(c1)CCc1ccccc1N2. The Bertz CT molecular complexity index is 469. The van der Waals surface area contributed by atoms with E-state index in [1.54, 1.807) is 0 Å². The molecule has 2 aromatic rings. The zero-order chi connectivity index (χ0) is 17.5. The number of hydrogen-bond acceptors (Lipinski definition) is 1. The maximum atomic E-state index is 3.50. The molecule has 1 heterocycles. The topological polar surface area (TPSA) is 12.0 Å². The third-order valence-electron chi connectivity index (χ3n) is 3.47. The Morgan fingerprint density at radius 2 is 1.00 bits per heavy atom. The first-order valence-corrected chi connectivity index (χ1v) is 9.28. The van der Waals surface area contributed by atoms with E-state index in [1.807, 2.05) is 27.7 Å². The van der Waals surface area contributed by atoms with Crippen LogP contribution in [0.25, 0.3) is 0 Å². The predicted molar refractivity (Wildman–Crippen MR) is 107 cm³/mol. The van der Waals surface area contributed by atoms with Gasteiger partial charge in [0.15, 0.2) is 0 Å². The Labute approximate surface area is 144 Å². The van der Waals surface area contributed by atoms with Gasteiger partial charge in [-0.2, -0.15) is 0 Å². The van der Waals surface area contributed by atoms with Crippen LogP contribution in [-0.2, 0) is 12.8 Å². The minimum atomic E-state index is 1.13. The van der Waals surface area contributed by atoms with Gasteiger partial charge >= 0.3 is 0 Å². The van der Waals surface area contributed by atoms with E-state index >= 15 is 0 Å². The maximum Gasteiger partial charge on any atom is 0.0416 e. The molecule has 0 aromatic heterocycles. The van der Waals surface area contributed by atoms with Crippen LogP contribution < -0.4 is 5.32 Å². The second-order valence-electron chi connectivity index (χ2n) is 4.94. The highest BCUT2D eigenvalue weighted by Crippen LogP contribution is 2.29. The summed E-state index contributed by atoms with van der Waals surface area (Å²) in [5, 5.41) is 3.50. The van der Waals surface area contributed by atoms with E-state index in [0.29, 0.717) is 0 Å². The van der Waals surface area contributed by atoms with Crippen molar-refractivity contribution in [1.29, 1.82) is 0 Å². The van der Waals surface area contributed by atoms with Crippen LogP contribution in [0, 0.1) is 0 Å². The van der Waals surface area contributed by atoms with Crippen LogP contribution in [0.1, 0.15) is 65.5 Å². The smallest absolute Gasteiger partial charge is 0.0416 e. The lowest BCUT2D eigenvalue weighted by Crippen LogP contribution is -1.92. The monoisotopic (exact) mass is 313 g/mol. The summed E-state index contributed by atoms with van der Waals surface area (Å²) in [5.74, 6) is 0. The normalized spacial score (nSPS) is 10.5. The highest BCUT2D eigenvalue weighted by molar-refractivity contribution is 5.67. The Hall–Kier alpha value is -1.76. The quantitative estimate of drug-likeness (QED) is 0.578. The van der Waals surface area contributed by atoms with Crippen LogP contribution >= 0.6 is 0 Å². The molecule has 1 aliphatic rings. The molecule has 1 nitrogen and oxygen atoms in total. The first-order valence-electron chi connectivity index (χ1n) is 9.28. The third kappa shape index (κ3) is 7.36. The number of hydrogen-bond donors (Lipinski definition) is 1. The highest BCUT2D eigenvalue weighted by Gasteiger charge is 2.10. The molecule has 0 unspecified atom stereocenters. The number of fused-ring (bicyclic) bond motifs is 2. The van der Waals surface area contributed by atoms with Gasteiger partial charge in [-0.05, 0) is 36.1 Å². The second kappa shape index (κ2) is 13.9. The molecule has 0 radical (unpaired) electrons. The van der Waals surface area contributed by atoms with Crippen molar-refractivity contribution in [3.05, 3.63) is 59.7 Å². The Kier molecular flexibility index (Phi) is 12.8. The summed E-state index contributed by atoms with van der Waals surface area (Å²) in [6.45, 7) is 12.4. The average Bonchev–Trinajstić information content (AvgIpc) is 2.84. The Morgan fingerprint density at radius 3 is 1.35 bits per heavy atom. The van der Waals surface area contributed by atoms with Gasteiger partial charge in [0.25, 0.3) is 0 Å². The van der Waals surface area contributed by atoms with E-state index in [4.69, 9.17) is 0 Å². The van der Waals surface area contributed by atoms with Crippen LogP contribution in [0.5, 0.6) is 0 Å². The molecule has 0 fully saturated rings.